The van der Waals surface area contributed by atoms with Crippen molar-refractivity contribution in [3.63, 3.8) is 0 Å². The zero-order chi connectivity index (χ0) is 20.4. The highest BCUT2D eigenvalue weighted by atomic mass is 32.1. The van der Waals surface area contributed by atoms with Crippen LogP contribution in [-0.4, -0.2) is 39.5 Å². The van der Waals surface area contributed by atoms with Crippen LogP contribution in [0.2, 0.25) is 0 Å². The summed E-state index contributed by atoms with van der Waals surface area (Å²) in [5.74, 6) is -0.747. The number of nitrogens with zero attached hydrogens (tertiary/aromatic N) is 3. The number of benzene rings is 2. The number of nitrogens with one attached hydrogen (secondary N) is 1. The molecule has 1 N–H and O–H groups in total. The number of carbonyl (C=O) groups excluding carboxylic acids is 2. The van der Waals surface area contributed by atoms with E-state index in [0.717, 1.165) is 17.5 Å². The van der Waals surface area contributed by atoms with Gasteiger partial charge in [0, 0.05) is 17.7 Å². The third-order valence-electron chi connectivity index (χ3n) is 4.86. The molecule has 29 heavy (non-hydrogen) atoms. The molecule has 1 fully saturated rings. The van der Waals surface area contributed by atoms with Gasteiger partial charge in [0.15, 0.2) is 0 Å². The minimum atomic E-state index is -0.540. The van der Waals surface area contributed by atoms with Crippen LogP contribution in [0.1, 0.15) is 28.8 Å². The summed E-state index contributed by atoms with van der Waals surface area (Å²) in [6.45, 7) is 2.50. The zero-order valence-electron chi connectivity index (χ0n) is 15.8. The summed E-state index contributed by atoms with van der Waals surface area (Å²) >= 11 is 1.21. The van der Waals surface area contributed by atoms with Gasteiger partial charge in [0.05, 0.1) is 0 Å². The van der Waals surface area contributed by atoms with Crippen molar-refractivity contribution in [2.75, 3.05) is 11.9 Å². The standard InChI is InChI=1S/C21H19FN4O2S/c1-13-4-6-15(7-5-13)20(28)26-12-2-3-17(26)18(27)23-21-25-24-19(29-21)14-8-10-16(22)11-9-14/h4-11,17H,2-3,12H2,1H3,(H,23,25,27)/t17-/m0/s1. The number of aromatic nitrogens is 2. The Morgan fingerprint density at radius 2 is 1.83 bits per heavy atom. The van der Waals surface area contributed by atoms with Crippen molar-refractivity contribution >= 4 is 28.3 Å². The van der Waals surface area contributed by atoms with Crippen molar-refractivity contribution in [3.8, 4) is 10.6 Å². The Hall–Kier alpha value is -3.13. The Morgan fingerprint density at radius 3 is 2.55 bits per heavy atom. The number of halogens is 1. The SMILES string of the molecule is Cc1ccc(C(=O)N2CCC[C@H]2C(=O)Nc2nnc(-c3ccc(F)cc3)s2)cc1. The van der Waals surface area contributed by atoms with Crippen molar-refractivity contribution in [2.45, 2.75) is 25.8 Å². The average molecular weight is 410 g/mol. The quantitative estimate of drug-likeness (QED) is 0.708. The number of amides is 2. The summed E-state index contributed by atoms with van der Waals surface area (Å²) in [7, 11) is 0. The van der Waals surface area contributed by atoms with Gasteiger partial charge in [-0.15, -0.1) is 10.2 Å². The van der Waals surface area contributed by atoms with E-state index in [1.54, 1.807) is 29.2 Å². The largest absolute Gasteiger partial charge is 0.327 e. The smallest absolute Gasteiger partial charge is 0.254 e. The van der Waals surface area contributed by atoms with Crippen LogP contribution in [-0.2, 0) is 4.79 Å². The molecule has 2 amide bonds. The molecule has 1 aliphatic rings. The highest BCUT2D eigenvalue weighted by molar-refractivity contribution is 7.18. The van der Waals surface area contributed by atoms with E-state index in [1.807, 2.05) is 19.1 Å². The fourth-order valence-corrected chi connectivity index (χ4v) is 4.07. The van der Waals surface area contributed by atoms with E-state index in [-0.39, 0.29) is 17.6 Å². The average Bonchev–Trinajstić information content (AvgIpc) is 3.38. The van der Waals surface area contributed by atoms with Gasteiger partial charge in [0.1, 0.15) is 16.9 Å². The van der Waals surface area contributed by atoms with Crippen LogP contribution in [0.25, 0.3) is 10.6 Å². The van der Waals surface area contributed by atoms with E-state index in [9.17, 15) is 14.0 Å². The van der Waals surface area contributed by atoms with E-state index < -0.39 is 6.04 Å². The van der Waals surface area contributed by atoms with Crippen LogP contribution in [0, 0.1) is 12.7 Å². The lowest BCUT2D eigenvalue weighted by molar-refractivity contribution is -0.119. The Balaban J connectivity index is 1.45. The Labute approximate surface area is 171 Å². The zero-order valence-corrected chi connectivity index (χ0v) is 16.6. The molecule has 1 aliphatic heterocycles. The van der Waals surface area contributed by atoms with Gasteiger partial charge in [-0.3, -0.25) is 14.9 Å². The molecule has 8 heteroatoms. The lowest BCUT2D eigenvalue weighted by Gasteiger charge is -2.23. The highest BCUT2D eigenvalue weighted by Crippen LogP contribution is 2.28. The number of rotatable bonds is 4. The number of hydrogen-bond donors (Lipinski definition) is 1. The van der Waals surface area contributed by atoms with Crippen molar-refractivity contribution in [3.05, 3.63) is 65.5 Å². The number of aryl methyl sites for hydroxylation is 1. The fourth-order valence-electron chi connectivity index (χ4n) is 3.32. The van der Waals surface area contributed by atoms with E-state index in [1.165, 1.54) is 23.5 Å². The monoisotopic (exact) mass is 410 g/mol. The summed E-state index contributed by atoms with van der Waals surface area (Å²) in [5, 5.41) is 11.8. The Bertz CT molecular complexity index is 1030. The lowest BCUT2D eigenvalue weighted by atomic mass is 10.1. The van der Waals surface area contributed by atoms with Crippen LogP contribution in [0.4, 0.5) is 9.52 Å². The van der Waals surface area contributed by atoms with Crippen molar-refractivity contribution in [1.82, 2.24) is 15.1 Å². The molecule has 1 saturated heterocycles. The van der Waals surface area contributed by atoms with Crippen molar-refractivity contribution in [2.24, 2.45) is 0 Å². The van der Waals surface area contributed by atoms with Crippen LogP contribution in [0.5, 0.6) is 0 Å². The number of hydrogen-bond acceptors (Lipinski definition) is 5. The molecule has 0 saturated carbocycles. The molecule has 0 aliphatic carbocycles. The number of carbonyl (C=O) groups is 2. The van der Waals surface area contributed by atoms with Gasteiger partial charge in [-0.1, -0.05) is 29.0 Å². The van der Waals surface area contributed by atoms with Gasteiger partial charge in [-0.25, -0.2) is 4.39 Å². The number of likely N-dealkylation sites (tertiary alicyclic amines) is 1. The summed E-state index contributed by atoms with van der Waals surface area (Å²) < 4.78 is 13.1. The highest BCUT2D eigenvalue weighted by Gasteiger charge is 2.35. The maximum Gasteiger partial charge on any atom is 0.254 e. The molecule has 0 spiro atoms. The third-order valence-corrected chi connectivity index (χ3v) is 5.75. The van der Waals surface area contributed by atoms with Crippen molar-refractivity contribution < 1.29 is 14.0 Å². The molecule has 0 radical (unpaired) electrons. The second kappa shape index (κ2) is 8.08. The number of anilines is 1. The fraction of sp³-hybridized carbons (Fsp3) is 0.238. The molecule has 0 bridgehead atoms. The molecule has 1 atom stereocenters. The Kier molecular flexibility index (Phi) is 5.35. The topological polar surface area (TPSA) is 75.2 Å². The minimum absolute atomic E-state index is 0.146. The third kappa shape index (κ3) is 4.17. The first-order valence-electron chi connectivity index (χ1n) is 9.29. The van der Waals surface area contributed by atoms with Crippen molar-refractivity contribution in [1.29, 1.82) is 0 Å². The van der Waals surface area contributed by atoms with Crippen LogP contribution >= 0.6 is 11.3 Å². The van der Waals surface area contributed by atoms with Crippen LogP contribution in [0.3, 0.4) is 0 Å². The normalized spacial score (nSPS) is 16.1. The van der Waals surface area contributed by atoms with Crippen LogP contribution < -0.4 is 5.32 Å². The molecule has 6 nitrogen and oxygen atoms in total. The van der Waals surface area contributed by atoms with E-state index in [2.05, 4.69) is 15.5 Å². The first-order chi connectivity index (χ1) is 14.0. The maximum absolute atomic E-state index is 13.1. The second-order valence-electron chi connectivity index (χ2n) is 6.93. The van der Waals surface area contributed by atoms with Gasteiger partial charge >= 0.3 is 0 Å². The molecule has 148 valence electrons. The predicted octanol–water partition coefficient (Wildman–Crippen LogP) is 3.90. The molecular formula is C21H19FN4O2S. The molecule has 2 heterocycles. The van der Waals surface area contributed by atoms with Gasteiger partial charge in [-0.2, -0.15) is 0 Å². The van der Waals surface area contributed by atoms with Gasteiger partial charge in [0.25, 0.3) is 5.91 Å². The van der Waals surface area contributed by atoms with E-state index in [0.29, 0.717) is 28.7 Å². The summed E-state index contributed by atoms with van der Waals surface area (Å²) in [6, 6.07) is 12.7. The summed E-state index contributed by atoms with van der Waals surface area (Å²) in [6.07, 6.45) is 1.37. The van der Waals surface area contributed by atoms with E-state index >= 15 is 0 Å². The first kappa shape index (κ1) is 19.2. The van der Waals surface area contributed by atoms with E-state index in [4.69, 9.17) is 0 Å². The molecule has 0 unspecified atom stereocenters. The first-order valence-corrected chi connectivity index (χ1v) is 10.1. The molecule has 4 rings (SSSR count). The predicted molar refractivity (Wildman–Crippen MR) is 109 cm³/mol. The molecular weight excluding hydrogens is 391 g/mol. The second-order valence-corrected chi connectivity index (χ2v) is 7.91. The Morgan fingerprint density at radius 1 is 1.10 bits per heavy atom. The van der Waals surface area contributed by atoms with Gasteiger partial charge in [0.2, 0.25) is 11.0 Å². The summed E-state index contributed by atoms with van der Waals surface area (Å²) in [5.41, 5.74) is 2.37. The minimum Gasteiger partial charge on any atom is -0.327 e. The maximum atomic E-state index is 13.1. The molecule has 2 aromatic carbocycles. The van der Waals surface area contributed by atoms with Crippen LogP contribution in [0.15, 0.2) is 48.5 Å². The van der Waals surface area contributed by atoms with Gasteiger partial charge in [-0.05, 0) is 56.2 Å². The van der Waals surface area contributed by atoms with Gasteiger partial charge < -0.3 is 4.90 Å². The lowest BCUT2D eigenvalue weighted by Crippen LogP contribution is -2.43. The summed E-state index contributed by atoms with van der Waals surface area (Å²) in [4.78, 5) is 27.2. The molecule has 1 aromatic heterocycles. The molecule has 3 aromatic rings.